The van der Waals surface area contributed by atoms with Crippen LogP contribution in [0.2, 0.25) is 0 Å². The van der Waals surface area contributed by atoms with Gasteiger partial charge in [-0.3, -0.25) is 9.38 Å². The molecule has 4 heterocycles. The highest BCUT2D eigenvalue weighted by molar-refractivity contribution is 5.71. The van der Waals surface area contributed by atoms with Crippen molar-refractivity contribution >= 4 is 16.8 Å². The number of imidazole rings is 2. The molecule has 20 heavy (non-hydrogen) atoms. The Labute approximate surface area is 110 Å². The second-order valence-electron chi connectivity index (χ2n) is 4.25. The fraction of sp³-hybridized carbons (Fsp3) is 0. The first-order valence-electron chi connectivity index (χ1n) is 5.79. The molecular weight excluding hydrogens is 263 g/mol. The van der Waals surface area contributed by atoms with E-state index in [2.05, 4.69) is 24.9 Å². The van der Waals surface area contributed by atoms with Crippen LogP contribution in [-0.4, -0.2) is 29.3 Å². The molecule has 2 N–H and O–H groups in total. The topological polar surface area (TPSA) is 91.7 Å². The van der Waals surface area contributed by atoms with E-state index in [4.69, 9.17) is 0 Å². The maximum atomic E-state index is 13.3. The lowest BCUT2D eigenvalue weighted by molar-refractivity contribution is 0.619. The van der Waals surface area contributed by atoms with Crippen LogP contribution in [0.3, 0.4) is 0 Å². The van der Waals surface area contributed by atoms with E-state index in [9.17, 15) is 9.18 Å². The van der Waals surface area contributed by atoms with E-state index in [0.29, 0.717) is 28.3 Å². The molecular formula is C12H7FN6O. The van der Waals surface area contributed by atoms with Gasteiger partial charge in [0.1, 0.15) is 22.7 Å². The molecule has 0 amide bonds. The van der Waals surface area contributed by atoms with Crippen molar-refractivity contribution in [2.45, 2.75) is 0 Å². The number of hydrogen-bond acceptors (Lipinski definition) is 4. The maximum absolute atomic E-state index is 13.3. The zero-order valence-corrected chi connectivity index (χ0v) is 9.96. The molecule has 0 bridgehead atoms. The van der Waals surface area contributed by atoms with E-state index in [1.54, 1.807) is 16.7 Å². The van der Waals surface area contributed by atoms with Gasteiger partial charge in [0.25, 0.3) is 0 Å². The van der Waals surface area contributed by atoms with Crippen LogP contribution in [0.5, 0.6) is 0 Å². The maximum Gasteiger partial charge on any atom is 0.325 e. The summed E-state index contributed by atoms with van der Waals surface area (Å²) in [4.78, 5) is 28.9. The van der Waals surface area contributed by atoms with Crippen molar-refractivity contribution in [2.75, 3.05) is 0 Å². The highest BCUT2D eigenvalue weighted by Gasteiger charge is 2.11. The summed E-state index contributed by atoms with van der Waals surface area (Å²) in [5.41, 5.74) is 1.69. The normalized spacial score (nSPS) is 11.4. The molecule has 4 rings (SSSR count). The minimum atomic E-state index is -0.382. The zero-order chi connectivity index (χ0) is 13.7. The lowest BCUT2D eigenvalue weighted by Crippen LogP contribution is -1.99. The number of hydrogen-bond donors (Lipinski definition) is 2. The monoisotopic (exact) mass is 270 g/mol. The predicted molar refractivity (Wildman–Crippen MR) is 68.7 cm³/mol. The lowest BCUT2D eigenvalue weighted by atomic mass is 10.4. The molecule has 98 valence electrons. The number of nitrogens with one attached hydrogen (secondary N) is 2. The van der Waals surface area contributed by atoms with E-state index < -0.39 is 0 Å². The number of rotatable bonds is 1. The average molecular weight is 270 g/mol. The van der Waals surface area contributed by atoms with E-state index in [0.717, 1.165) is 0 Å². The first-order valence-corrected chi connectivity index (χ1v) is 5.79. The van der Waals surface area contributed by atoms with Crippen LogP contribution in [0.25, 0.3) is 28.3 Å². The Morgan fingerprint density at radius 1 is 1.15 bits per heavy atom. The minimum Gasteiger partial charge on any atom is -0.303 e. The second-order valence-corrected chi connectivity index (χ2v) is 4.25. The molecule has 0 unspecified atom stereocenters. The second kappa shape index (κ2) is 3.73. The largest absolute Gasteiger partial charge is 0.325 e. The number of aromatic amines is 2. The van der Waals surface area contributed by atoms with Crippen LogP contribution in [0, 0.1) is 5.82 Å². The molecule has 0 aliphatic rings. The number of H-pyrrole nitrogens is 2. The summed E-state index contributed by atoms with van der Waals surface area (Å²) >= 11 is 0. The van der Waals surface area contributed by atoms with Crippen molar-refractivity contribution in [3.63, 3.8) is 0 Å². The van der Waals surface area contributed by atoms with E-state index in [1.165, 1.54) is 18.5 Å². The zero-order valence-electron chi connectivity index (χ0n) is 9.96. The van der Waals surface area contributed by atoms with Gasteiger partial charge in [0.05, 0.1) is 12.4 Å². The first-order chi connectivity index (χ1) is 9.70. The van der Waals surface area contributed by atoms with Gasteiger partial charge < -0.3 is 4.98 Å². The van der Waals surface area contributed by atoms with Gasteiger partial charge in [-0.15, -0.1) is 0 Å². The first kappa shape index (κ1) is 10.9. The Kier molecular flexibility index (Phi) is 2.02. The van der Waals surface area contributed by atoms with Crippen LogP contribution < -0.4 is 5.69 Å². The number of fused-ring (bicyclic) bond motifs is 2. The molecule has 0 spiro atoms. The van der Waals surface area contributed by atoms with E-state index in [-0.39, 0.29) is 11.5 Å². The van der Waals surface area contributed by atoms with Gasteiger partial charge in [-0.2, -0.15) is 0 Å². The molecule has 8 heteroatoms. The van der Waals surface area contributed by atoms with Crippen molar-refractivity contribution in [3.8, 4) is 11.5 Å². The van der Waals surface area contributed by atoms with Gasteiger partial charge in [0.2, 0.25) is 0 Å². The van der Waals surface area contributed by atoms with Gasteiger partial charge >= 0.3 is 5.69 Å². The van der Waals surface area contributed by atoms with Crippen molar-refractivity contribution in [1.82, 2.24) is 29.3 Å². The highest BCUT2D eigenvalue weighted by Crippen LogP contribution is 2.18. The Morgan fingerprint density at radius 2 is 2.05 bits per heavy atom. The van der Waals surface area contributed by atoms with Crippen LogP contribution in [0.15, 0.2) is 35.5 Å². The molecule has 0 fully saturated rings. The molecule has 4 aromatic heterocycles. The third kappa shape index (κ3) is 1.51. The predicted octanol–water partition coefficient (Wildman–Crippen LogP) is 1.10. The number of nitrogens with zero attached hydrogens (tertiary/aromatic N) is 4. The smallest absolute Gasteiger partial charge is 0.303 e. The number of pyridine rings is 1. The van der Waals surface area contributed by atoms with E-state index in [1.807, 2.05) is 0 Å². The average Bonchev–Trinajstić information content (AvgIpc) is 2.99. The molecule has 4 aromatic rings. The summed E-state index contributed by atoms with van der Waals surface area (Å²) in [6.45, 7) is 0. The molecule has 0 saturated heterocycles. The highest BCUT2D eigenvalue weighted by atomic mass is 19.1. The molecule has 0 aliphatic heterocycles. The third-order valence-electron chi connectivity index (χ3n) is 2.97. The minimum absolute atomic E-state index is 0.351. The summed E-state index contributed by atoms with van der Waals surface area (Å²) in [5, 5.41) is 0. The number of halogens is 1. The fourth-order valence-electron chi connectivity index (χ4n) is 2.07. The lowest BCUT2D eigenvalue weighted by Gasteiger charge is -2.00. The van der Waals surface area contributed by atoms with E-state index >= 15 is 0 Å². The summed E-state index contributed by atoms with van der Waals surface area (Å²) < 4.78 is 14.9. The summed E-state index contributed by atoms with van der Waals surface area (Å²) in [6.07, 6.45) is 4.36. The molecule has 0 aromatic carbocycles. The molecule has 0 radical (unpaired) electrons. The SMILES string of the molecule is O=c1[nH]c2cnc(-c3cnc4ccc(F)cn34)nc2[nH]1. The van der Waals surface area contributed by atoms with Crippen LogP contribution in [0.4, 0.5) is 4.39 Å². The Balaban J connectivity index is 2.00. The van der Waals surface area contributed by atoms with Gasteiger partial charge in [0, 0.05) is 6.20 Å². The quantitative estimate of drug-likeness (QED) is 0.541. The van der Waals surface area contributed by atoms with Gasteiger partial charge in [-0.1, -0.05) is 0 Å². The Morgan fingerprint density at radius 3 is 2.95 bits per heavy atom. The summed E-state index contributed by atoms with van der Waals surface area (Å²) in [5.74, 6) is -0.0290. The van der Waals surface area contributed by atoms with Crippen LogP contribution in [-0.2, 0) is 0 Å². The van der Waals surface area contributed by atoms with Crippen molar-refractivity contribution in [3.05, 3.63) is 47.0 Å². The number of aromatic nitrogens is 6. The third-order valence-corrected chi connectivity index (χ3v) is 2.97. The van der Waals surface area contributed by atoms with Gasteiger partial charge in [0.15, 0.2) is 11.5 Å². The Bertz CT molecular complexity index is 998. The fourth-order valence-corrected chi connectivity index (χ4v) is 2.07. The summed E-state index contributed by atoms with van der Waals surface area (Å²) in [7, 11) is 0. The van der Waals surface area contributed by atoms with Crippen LogP contribution >= 0.6 is 0 Å². The van der Waals surface area contributed by atoms with Crippen molar-refractivity contribution in [2.24, 2.45) is 0 Å². The molecule has 7 nitrogen and oxygen atoms in total. The van der Waals surface area contributed by atoms with Crippen LogP contribution in [0.1, 0.15) is 0 Å². The Hall–Kier alpha value is -3.03. The van der Waals surface area contributed by atoms with Crippen molar-refractivity contribution < 1.29 is 4.39 Å². The standard InChI is InChI=1S/C12H7FN6O/c13-6-1-2-9-14-4-8(19(9)5-6)11-15-3-7-10(17-11)18-12(20)16-7/h1-5H,(H2,15,16,17,18,20). The molecule has 0 atom stereocenters. The van der Waals surface area contributed by atoms with Gasteiger partial charge in [-0.05, 0) is 12.1 Å². The summed E-state index contributed by atoms with van der Waals surface area (Å²) in [6, 6.07) is 2.90. The molecule has 0 saturated carbocycles. The van der Waals surface area contributed by atoms with Crippen molar-refractivity contribution in [1.29, 1.82) is 0 Å². The molecule has 0 aliphatic carbocycles. The van der Waals surface area contributed by atoms with Gasteiger partial charge in [-0.25, -0.2) is 24.1 Å².